The largest absolute Gasteiger partial charge is 0.493 e. The molecular weight excluding hydrogens is 527 g/mol. The summed E-state index contributed by atoms with van der Waals surface area (Å²) >= 11 is 21.7. The Morgan fingerprint density at radius 3 is 2.55 bits per heavy atom. The van der Waals surface area contributed by atoms with Gasteiger partial charge in [-0.25, -0.2) is 5.43 Å². The lowest BCUT2D eigenvalue weighted by molar-refractivity contribution is 0.0954. The van der Waals surface area contributed by atoms with Gasteiger partial charge in [-0.2, -0.15) is 5.10 Å². The van der Waals surface area contributed by atoms with Gasteiger partial charge >= 0.3 is 0 Å². The van der Waals surface area contributed by atoms with E-state index < -0.39 is 0 Å². The average molecular weight is 543 g/mol. The third-order valence-electron chi connectivity index (χ3n) is 4.12. The second-order valence-electron chi connectivity index (χ2n) is 6.25. The highest BCUT2D eigenvalue weighted by Gasteiger charge is 2.13. The van der Waals surface area contributed by atoms with Crippen molar-refractivity contribution in [1.82, 2.24) is 5.43 Å². The molecule has 0 saturated carbocycles. The molecule has 0 aliphatic rings. The minimum atomic E-state index is -0.344. The summed E-state index contributed by atoms with van der Waals surface area (Å²) in [6.45, 7) is 0.225. The van der Waals surface area contributed by atoms with Crippen molar-refractivity contribution in [2.75, 3.05) is 7.11 Å². The number of carbonyl (C=O) groups excluding carboxylic acids is 1. The Hall–Kier alpha value is -2.25. The number of methoxy groups -OCH3 is 1. The lowest BCUT2D eigenvalue weighted by Gasteiger charge is -2.13. The standard InChI is InChI=1S/C22H16BrCl3N2O3/c1-30-20-10-14(11-27-28-22(29)15-4-2-3-5-16(15)23)9-19(26)21(20)31-12-13-6-7-17(24)18(25)8-13/h2-11H,12H2,1H3,(H,28,29)/b27-11-. The van der Waals surface area contributed by atoms with E-state index in [0.717, 1.165) is 5.56 Å². The van der Waals surface area contributed by atoms with Gasteiger partial charge in [-0.3, -0.25) is 4.79 Å². The molecule has 1 N–H and O–H groups in total. The van der Waals surface area contributed by atoms with Crippen molar-refractivity contribution >= 4 is 62.9 Å². The first-order valence-electron chi connectivity index (χ1n) is 8.91. The maximum Gasteiger partial charge on any atom is 0.272 e. The van der Waals surface area contributed by atoms with E-state index >= 15 is 0 Å². The summed E-state index contributed by atoms with van der Waals surface area (Å²) < 4.78 is 11.9. The van der Waals surface area contributed by atoms with Gasteiger partial charge in [-0.15, -0.1) is 0 Å². The first kappa shape index (κ1) is 23.4. The van der Waals surface area contributed by atoms with Gasteiger partial charge in [-0.1, -0.05) is 53.0 Å². The number of nitrogens with zero attached hydrogens (tertiary/aromatic N) is 1. The van der Waals surface area contributed by atoms with Crippen LogP contribution in [0.3, 0.4) is 0 Å². The lowest BCUT2D eigenvalue weighted by Crippen LogP contribution is -2.18. The van der Waals surface area contributed by atoms with E-state index in [1.165, 1.54) is 13.3 Å². The number of hydrazone groups is 1. The zero-order valence-electron chi connectivity index (χ0n) is 16.2. The quantitative estimate of drug-likeness (QED) is 0.265. The number of nitrogens with one attached hydrogen (secondary N) is 1. The summed E-state index contributed by atoms with van der Waals surface area (Å²) in [5.74, 6) is 0.458. The van der Waals surface area contributed by atoms with Gasteiger partial charge in [0.05, 0.1) is 34.0 Å². The lowest BCUT2D eigenvalue weighted by atomic mass is 10.2. The van der Waals surface area contributed by atoms with Crippen molar-refractivity contribution in [2.45, 2.75) is 6.61 Å². The Balaban J connectivity index is 1.71. The highest BCUT2D eigenvalue weighted by Crippen LogP contribution is 2.37. The number of carbonyl (C=O) groups is 1. The third-order valence-corrected chi connectivity index (χ3v) is 5.83. The molecule has 0 heterocycles. The number of benzene rings is 3. The fourth-order valence-electron chi connectivity index (χ4n) is 2.61. The summed E-state index contributed by atoms with van der Waals surface area (Å²) in [5, 5.41) is 5.23. The third kappa shape index (κ3) is 6.14. The molecule has 3 aromatic rings. The highest BCUT2D eigenvalue weighted by molar-refractivity contribution is 9.10. The number of hydrogen-bond donors (Lipinski definition) is 1. The second-order valence-corrected chi connectivity index (χ2v) is 8.33. The molecule has 0 aromatic heterocycles. The van der Waals surface area contributed by atoms with Crippen LogP contribution in [0.25, 0.3) is 0 Å². The van der Waals surface area contributed by atoms with Gasteiger partial charge in [0, 0.05) is 4.47 Å². The van der Waals surface area contributed by atoms with Crippen LogP contribution in [-0.2, 0) is 6.61 Å². The molecule has 0 radical (unpaired) electrons. The van der Waals surface area contributed by atoms with Crippen molar-refractivity contribution in [3.8, 4) is 11.5 Å². The fraction of sp³-hybridized carbons (Fsp3) is 0.0909. The van der Waals surface area contributed by atoms with Crippen LogP contribution in [0.5, 0.6) is 11.5 Å². The zero-order valence-corrected chi connectivity index (χ0v) is 20.0. The Kier molecular flexibility index (Phi) is 8.21. The predicted octanol–water partition coefficient (Wildman–Crippen LogP) is 6.76. The SMILES string of the molecule is COc1cc(/C=N\NC(=O)c2ccccc2Br)cc(Cl)c1OCc1ccc(Cl)c(Cl)c1. The van der Waals surface area contributed by atoms with Gasteiger partial charge in [0.15, 0.2) is 11.5 Å². The molecule has 9 heteroatoms. The molecule has 31 heavy (non-hydrogen) atoms. The first-order valence-corrected chi connectivity index (χ1v) is 10.8. The van der Waals surface area contributed by atoms with Crippen molar-refractivity contribution in [3.05, 3.63) is 90.8 Å². The first-order chi connectivity index (χ1) is 14.9. The number of halogens is 4. The van der Waals surface area contributed by atoms with E-state index in [0.29, 0.717) is 42.2 Å². The van der Waals surface area contributed by atoms with Crippen molar-refractivity contribution in [3.63, 3.8) is 0 Å². The molecule has 0 fully saturated rings. The van der Waals surface area contributed by atoms with Crippen molar-refractivity contribution in [1.29, 1.82) is 0 Å². The van der Waals surface area contributed by atoms with E-state index in [1.807, 2.05) is 12.1 Å². The van der Waals surface area contributed by atoms with Crippen LogP contribution in [0.1, 0.15) is 21.5 Å². The van der Waals surface area contributed by atoms with E-state index in [1.54, 1.807) is 42.5 Å². The smallest absolute Gasteiger partial charge is 0.272 e. The van der Waals surface area contributed by atoms with Crippen LogP contribution in [0.15, 0.2) is 64.2 Å². The van der Waals surface area contributed by atoms with Crippen LogP contribution in [-0.4, -0.2) is 19.2 Å². The molecule has 0 spiro atoms. The topological polar surface area (TPSA) is 59.9 Å². The van der Waals surface area contributed by atoms with Gasteiger partial charge in [-0.05, 0) is 63.5 Å². The van der Waals surface area contributed by atoms with Crippen molar-refractivity contribution in [2.24, 2.45) is 5.10 Å². The summed E-state index contributed by atoms with van der Waals surface area (Å²) in [6.07, 6.45) is 1.46. The maximum atomic E-state index is 12.2. The number of ether oxygens (including phenoxy) is 2. The second kappa shape index (κ2) is 10.9. The average Bonchev–Trinajstić information content (AvgIpc) is 2.75. The Bertz CT molecular complexity index is 1140. The van der Waals surface area contributed by atoms with E-state index in [2.05, 4.69) is 26.5 Å². The van der Waals surface area contributed by atoms with Gasteiger partial charge in [0.1, 0.15) is 6.61 Å². The van der Waals surface area contributed by atoms with E-state index in [4.69, 9.17) is 44.3 Å². The van der Waals surface area contributed by atoms with Gasteiger partial charge < -0.3 is 9.47 Å². The molecule has 0 unspecified atom stereocenters. The minimum absolute atomic E-state index is 0.225. The van der Waals surface area contributed by atoms with E-state index in [9.17, 15) is 4.79 Å². The summed E-state index contributed by atoms with van der Waals surface area (Å²) in [5.41, 5.74) is 4.40. The van der Waals surface area contributed by atoms with Crippen LogP contribution < -0.4 is 14.9 Å². The summed E-state index contributed by atoms with van der Waals surface area (Å²) in [4.78, 5) is 12.2. The monoisotopic (exact) mass is 540 g/mol. The fourth-order valence-corrected chi connectivity index (χ4v) is 3.67. The van der Waals surface area contributed by atoms with Gasteiger partial charge in [0.25, 0.3) is 5.91 Å². The Morgan fingerprint density at radius 1 is 1.06 bits per heavy atom. The van der Waals surface area contributed by atoms with Crippen LogP contribution in [0.2, 0.25) is 15.1 Å². The Morgan fingerprint density at radius 2 is 1.84 bits per heavy atom. The maximum absolute atomic E-state index is 12.2. The molecule has 160 valence electrons. The van der Waals surface area contributed by atoms with Crippen molar-refractivity contribution < 1.29 is 14.3 Å². The number of rotatable bonds is 7. The van der Waals surface area contributed by atoms with Gasteiger partial charge in [0.2, 0.25) is 0 Å². The molecule has 0 atom stereocenters. The molecule has 1 amide bonds. The molecule has 0 aliphatic carbocycles. The van der Waals surface area contributed by atoms with Crippen LogP contribution in [0, 0.1) is 0 Å². The zero-order chi connectivity index (χ0) is 22.4. The molecule has 3 aromatic carbocycles. The molecular formula is C22H16BrCl3N2O3. The molecule has 0 saturated heterocycles. The van der Waals surface area contributed by atoms with Crippen LogP contribution in [0.4, 0.5) is 0 Å². The number of amides is 1. The molecule has 0 aliphatic heterocycles. The summed E-state index contributed by atoms with van der Waals surface area (Å²) in [6, 6.07) is 15.6. The molecule has 5 nitrogen and oxygen atoms in total. The normalized spacial score (nSPS) is 10.9. The highest BCUT2D eigenvalue weighted by atomic mass is 79.9. The molecule has 0 bridgehead atoms. The Labute approximate surface area is 203 Å². The van der Waals surface area contributed by atoms with E-state index in [-0.39, 0.29) is 12.5 Å². The predicted molar refractivity (Wildman–Crippen MR) is 128 cm³/mol. The minimum Gasteiger partial charge on any atom is -0.493 e. The summed E-state index contributed by atoms with van der Waals surface area (Å²) in [7, 11) is 1.51. The number of hydrogen-bond acceptors (Lipinski definition) is 4. The molecule has 3 rings (SSSR count). The van der Waals surface area contributed by atoms with Crippen LogP contribution >= 0.6 is 50.7 Å².